The lowest BCUT2D eigenvalue weighted by molar-refractivity contribution is 0.362. The first kappa shape index (κ1) is 29.2. The zero-order chi connectivity index (χ0) is 24.1. The predicted octanol–water partition coefficient (Wildman–Crippen LogP) is 8.26. The molecule has 0 radical (unpaired) electrons. The SMILES string of the molecule is CCCCCCCCCCCC1=NCCN1CCN1CCN=C1CCCCCCCCCCC. The molecule has 0 unspecified atom stereocenters. The Labute approximate surface area is 213 Å². The van der Waals surface area contributed by atoms with Crippen LogP contribution in [0.5, 0.6) is 0 Å². The van der Waals surface area contributed by atoms with Gasteiger partial charge in [0.25, 0.3) is 0 Å². The number of unbranched alkanes of at least 4 members (excludes halogenated alkanes) is 16. The molecule has 0 amide bonds. The van der Waals surface area contributed by atoms with Gasteiger partial charge in [0.2, 0.25) is 0 Å². The molecule has 2 rings (SSSR count). The van der Waals surface area contributed by atoms with Crippen LogP contribution in [0.1, 0.15) is 142 Å². The highest BCUT2D eigenvalue weighted by atomic mass is 15.3. The van der Waals surface area contributed by atoms with Crippen LogP contribution in [0.4, 0.5) is 0 Å². The third-order valence-electron chi connectivity index (χ3n) is 7.71. The molecule has 198 valence electrons. The van der Waals surface area contributed by atoms with Crippen molar-refractivity contribution < 1.29 is 0 Å². The van der Waals surface area contributed by atoms with Crippen LogP contribution < -0.4 is 0 Å². The van der Waals surface area contributed by atoms with E-state index < -0.39 is 0 Å². The Kier molecular flexibility index (Phi) is 17.3. The van der Waals surface area contributed by atoms with E-state index in [1.807, 2.05) is 0 Å². The van der Waals surface area contributed by atoms with E-state index in [9.17, 15) is 0 Å². The summed E-state index contributed by atoms with van der Waals surface area (Å²) in [5.41, 5.74) is 0. The second kappa shape index (κ2) is 20.2. The molecule has 0 aromatic rings. The first-order valence-corrected chi connectivity index (χ1v) is 15.4. The summed E-state index contributed by atoms with van der Waals surface area (Å²) in [6.45, 7) is 11.1. The molecule has 0 bridgehead atoms. The van der Waals surface area contributed by atoms with Gasteiger partial charge in [-0.25, -0.2) is 0 Å². The molecule has 2 aliphatic rings. The molecule has 34 heavy (non-hydrogen) atoms. The molecule has 2 aliphatic heterocycles. The van der Waals surface area contributed by atoms with Gasteiger partial charge >= 0.3 is 0 Å². The summed E-state index contributed by atoms with van der Waals surface area (Å²) < 4.78 is 0. The zero-order valence-corrected chi connectivity index (χ0v) is 23.2. The Bertz CT molecular complexity index is 494. The number of rotatable bonds is 23. The van der Waals surface area contributed by atoms with Crippen molar-refractivity contribution in [3.63, 3.8) is 0 Å². The fourth-order valence-electron chi connectivity index (χ4n) is 5.44. The van der Waals surface area contributed by atoms with Crippen molar-refractivity contribution in [2.24, 2.45) is 9.98 Å². The quantitative estimate of drug-likeness (QED) is 0.140. The van der Waals surface area contributed by atoms with Gasteiger partial charge in [0.15, 0.2) is 0 Å². The highest BCUT2D eigenvalue weighted by Gasteiger charge is 2.20. The first-order valence-electron chi connectivity index (χ1n) is 15.4. The molecule has 0 N–H and O–H groups in total. The lowest BCUT2D eigenvalue weighted by Gasteiger charge is -2.26. The predicted molar refractivity (Wildman–Crippen MR) is 151 cm³/mol. The second-order valence-corrected chi connectivity index (χ2v) is 10.7. The Hall–Kier alpha value is -1.06. The van der Waals surface area contributed by atoms with Gasteiger partial charge in [0, 0.05) is 39.0 Å². The van der Waals surface area contributed by atoms with Crippen LogP contribution in [-0.4, -0.2) is 60.7 Å². The number of hydrogen-bond donors (Lipinski definition) is 0. The summed E-state index contributed by atoms with van der Waals surface area (Å²) in [4.78, 5) is 14.8. The maximum Gasteiger partial charge on any atom is 0.0990 e. The molecule has 0 fully saturated rings. The minimum atomic E-state index is 1.01. The van der Waals surface area contributed by atoms with Gasteiger partial charge < -0.3 is 9.80 Å². The van der Waals surface area contributed by atoms with Crippen molar-refractivity contribution in [3.05, 3.63) is 0 Å². The van der Waals surface area contributed by atoms with Crippen LogP contribution in [0, 0.1) is 0 Å². The Morgan fingerprint density at radius 2 is 0.794 bits per heavy atom. The monoisotopic (exact) mass is 474 g/mol. The summed E-state index contributed by atoms with van der Waals surface area (Å²) in [6, 6.07) is 0. The van der Waals surface area contributed by atoms with Crippen LogP contribution in [0.15, 0.2) is 9.98 Å². The fourth-order valence-corrected chi connectivity index (χ4v) is 5.44. The molecule has 0 saturated carbocycles. The number of nitrogens with zero attached hydrogens (tertiary/aromatic N) is 4. The van der Waals surface area contributed by atoms with Crippen molar-refractivity contribution >= 4 is 11.7 Å². The highest BCUT2D eigenvalue weighted by molar-refractivity contribution is 5.85. The largest absolute Gasteiger partial charge is 0.357 e. The van der Waals surface area contributed by atoms with Crippen molar-refractivity contribution in [1.82, 2.24) is 9.80 Å². The lowest BCUT2D eigenvalue weighted by atomic mass is 10.1. The van der Waals surface area contributed by atoms with E-state index in [1.54, 1.807) is 0 Å². The van der Waals surface area contributed by atoms with E-state index in [4.69, 9.17) is 9.98 Å². The van der Waals surface area contributed by atoms with Crippen molar-refractivity contribution in [2.45, 2.75) is 142 Å². The summed E-state index contributed by atoms with van der Waals surface area (Å²) in [6.07, 6.45) is 27.6. The Morgan fingerprint density at radius 3 is 1.15 bits per heavy atom. The summed E-state index contributed by atoms with van der Waals surface area (Å²) >= 11 is 0. The second-order valence-electron chi connectivity index (χ2n) is 10.7. The maximum atomic E-state index is 4.84. The molecule has 0 aromatic carbocycles. The Morgan fingerprint density at radius 1 is 0.471 bits per heavy atom. The van der Waals surface area contributed by atoms with Gasteiger partial charge in [0.05, 0.1) is 24.8 Å². The lowest BCUT2D eigenvalue weighted by Crippen LogP contribution is -2.38. The molecule has 0 aromatic heterocycles. The van der Waals surface area contributed by atoms with Crippen LogP contribution >= 0.6 is 0 Å². The molecule has 0 spiro atoms. The van der Waals surface area contributed by atoms with Crippen LogP contribution in [0.25, 0.3) is 0 Å². The molecule has 0 aliphatic carbocycles. The van der Waals surface area contributed by atoms with Crippen molar-refractivity contribution in [2.75, 3.05) is 39.3 Å². The van der Waals surface area contributed by atoms with Gasteiger partial charge in [-0.3, -0.25) is 9.98 Å². The average molecular weight is 475 g/mol. The topological polar surface area (TPSA) is 31.2 Å². The number of hydrogen-bond acceptors (Lipinski definition) is 4. The van der Waals surface area contributed by atoms with E-state index in [0.29, 0.717) is 0 Å². The standard InChI is InChI=1S/C30H58N4/c1-3-5-7-9-11-13-15-17-19-21-29-31-23-25-33(29)27-28-34-26-24-32-30(34)22-20-18-16-14-12-10-8-6-4-2/h3-28H2,1-2H3. The summed E-state index contributed by atoms with van der Waals surface area (Å²) in [5.74, 6) is 2.78. The van der Waals surface area contributed by atoms with Gasteiger partial charge in [0.1, 0.15) is 0 Å². The van der Waals surface area contributed by atoms with Crippen LogP contribution in [-0.2, 0) is 0 Å². The maximum absolute atomic E-state index is 4.84. The van der Waals surface area contributed by atoms with Crippen LogP contribution in [0.2, 0.25) is 0 Å². The van der Waals surface area contributed by atoms with Crippen molar-refractivity contribution in [3.8, 4) is 0 Å². The third kappa shape index (κ3) is 13.1. The molecule has 0 saturated heterocycles. The average Bonchev–Trinajstić information content (AvgIpc) is 3.49. The summed E-state index contributed by atoms with van der Waals surface area (Å²) in [7, 11) is 0. The van der Waals surface area contributed by atoms with E-state index in [-0.39, 0.29) is 0 Å². The highest BCUT2D eigenvalue weighted by Crippen LogP contribution is 2.16. The fraction of sp³-hybridized carbons (Fsp3) is 0.933. The van der Waals surface area contributed by atoms with Gasteiger partial charge in [-0.1, -0.05) is 117 Å². The van der Waals surface area contributed by atoms with Gasteiger partial charge in [-0.2, -0.15) is 0 Å². The third-order valence-corrected chi connectivity index (χ3v) is 7.71. The molecule has 4 heteroatoms. The van der Waals surface area contributed by atoms with E-state index in [0.717, 1.165) is 39.3 Å². The Balaban J connectivity index is 1.49. The smallest absolute Gasteiger partial charge is 0.0990 e. The molecular formula is C30H58N4. The van der Waals surface area contributed by atoms with E-state index >= 15 is 0 Å². The van der Waals surface area contributed by atoms with E-state index in [2.05, 4.69) is 23.6 Å². The minimum Gasteiger partial charge on any atom is -0.357 e. The van der Waals surface area contributed by atoms with Crippen LogP contribution in [0.3, 0.4) is 0 Å². The number of aliphatic imine (C=N–C) groups is 2. The molecule has 0 atom stereocenters. The molecule has 2 heterocycles. The van der Waals surface area contributed by atoms with Crippen molar-refractivity contribution in [1.29, 1.82) is 0 Å². The number of amidine groups is 2. The molecular weight excluding hydrogens is 416 g/mol. The first-order chi connectivity index (χ1) is 16.8. The van der Waals surface area contributed by atoms with Gasteiger partial charge in [-0.15, -0.1) is 0 Å². The van der Waals surface area contributed by atoms with Gasteiger partial charge in [-0.05, 0) is 12.8 Å². The summed E-state index contributed by atoms with van der Waals surface area (Å²) in [5, 5.41) is 0. The molecule has 4 nitrogen and oxygen atoms in total. The normalized spacial score (nSPS) is 15.9. The zero-order valence-electron chi connectivity index (χ0n) is 23.2. The van der Waals surface area contributed by atoms with E-state index in [1.165, 1.54) is 140 Å². The minimum absolute atomic E-state index is 1.01.